The van der Waals surface area contributed by atoms with Crippen molar-refractivity contribution in [3.05, 3.63) is 23.0 Å². The van der Waals surface area contributed by atoms with Gasteiger partial charge in [0.2, 0.25) is 11.8 Å². The van der Waals surface area contributed by atoms with E-state index in [0.29, 0.717) is 28.9 Å². The van der Waals surface area contributed by atoms with Crippen molar-refractivity contribution < 1.29 is 14.0 Å². The van der Waals surface area contributed by atoms with Crippen LogP contribution in [0.1, 0.15) is 12.8 Å². The van der Waals surface area contributed by atoms with Gasteiger partial charge in [0.05, 0.1) is 5.52 Å². The van der Waals surface area contributed by atoms with Crippen molar-refractivity contribution in [3.8, 4) is 0 Å². The Labute approximate surface area is 113 Å². The number of nitrogens with one attached hydrogen (secondary N) is 3. The van der Waals surface area contributed by atoms with E-state index < -0.39 is 6.04 Å². The van der Waals surface area contributed by atoms with Crippen molar-refractivity contribution in [3.63, 3.8) is 0 Å². The summed E-state index contributed by atoms with van der Waals surface area (Å²) in [5.74, 6) is -0.314. The fourth-order valence-electron chi connectivity index (χ4n) is 2.06. The highest BCUT2D eigenvalue weighted by atomic mass is 32.1. The number of anilines is 1. The summed E-state index contributed by atoms with van der Waals surface area (Å²) in [5, 5.41) is 5.36. The van der Waals surface area contributed by atoms with Gasteiger partial charge >= 0.3 is 0 Å². The molecule has 6 nitrogen and oxygen atoms in total. The molecule has 3 rings (SSSR count). The molecule has 7 heteroatoms. The average molecular weight is 277 g/mol. The molecule has 1 aromatic heterocycles. The predicted octanol–water partition coefficient (Wildman–Crippen LogP) is 1.71. The van der Waals surface area contributed by atoms with Gasteiger partial charge < -0.3 is 20.0 Å². The van der Waals surface area contributed by atoms with E-state index in [1.807, 2.05) is 0 Å². The first-order chi connectivity index (χ1) is 9.11. The minimum absolute atomic E-state index is 0.0908. The molecule has 2 heterocycles. The van der Waals surface area contributed by atoms with E-state index in [0.717, 1.165) is 5.52 Å². The number of hydrogen-bond donors (Lipinski definition) is 3. The van der Waals surface area contributed by atoms with Crippen LogP contribution in [0.2, 0.25) is 0 Å². The quantitative estimate of drug-likeness (QED) is 0.729. The highest BCUT2D eigenvalue weighted by molar-refractivity contribution is 7.71. The molecule has 0 radical (unpaired) electrons. The molecule has 0 spiro atoms. The van der Waals surface area contributed by atoms with Crippen LogP contribution in [0.3, 0.4) is 0 Å². The van der Waals surface area contributed by atoms with Crippen LogP contribution in [-0.4, -0.2) is 22.8 Å². The Morgan fingerprint density at radius 3 is 3.05 bits per heavy atom. The molecule has 2 amide bonds. The lowest BCUT2D eigenvalue weighted by molar-refractivity contribution is -0.122. The highest BCUT2D eigenvalue weighted by Gasteiger charge is 2.27. The summed E-state index contributed by atoms with van der Waals surface area (Å²) in [5.41, 5.74) is 1.96. The molecule has 1 aliphatic heterocycles. The Morgan fingerprint density at radius 1 is 1.47 bits per heavy atom. The van der Waals surface area contributed by atoms with E-state index in [-0.39, 0.29) is 11.8 Å². The van der Waals surface area contributed by atoms with Crippen molar-refractivity contribution in [2.45, 2.75) is 18.9 Å². The Kier molecular flexibility index (Phi) is 2.83. The molecule has 1 fully saturated rings. The fourth-order valence-corrected chi connectivity index (χ4v) is 2.26. The number of amides is 2. The average Bonchev–Trinajstić information content (AvgIpc) is 2.93. The zero-order chi connectivity index (χ0) is 13.4. The molecule has 1 aromatic carbocycles. The molecule has 1 unspecified atom stereocenters. The van der Waals surface area contributed by atoms with Crippen molar-refractivity contribution in [2.75, 3.05) is 5.32 Å². The topological polar surface area (TPSA) is 87.1 Å². The monoisotopic (exact) mass is 277 g/mol. The van der Waals surface area contributed by atoms with Crippen molar-refractivity contribution in [2.24, 2.45) is 0 Å². The Bertz CT molecular complexity index is 718. The molecular weight excluding hydrogens is 266 g/mol. The largest absolute Gasteiger partial charge is 0.429 e. The third-order valence-corrected chi connectivity index (χ3v) is 3.19. The van der Waals surface area contributed by atoms with E-state index >= 15 is 0 Å². The summed E-state index contributed by atoms with van der Waals surface area (Å²) in [7, 11) is 0. The molecule has 1 saturated heterocycles. The number of carbonyl (C=O) groups excluding carboxylic acids is 2. The SMILES string of the molecule is O=C1CCC(C(=O)Nc2ccc3[nH]c(=S)oc3c2)N1. The summed E-state index contributed by atoms with van der Waals surface area (Å²) >= 11 is 4.89. The minimum atomic E-state index is -0.458. The zero-order valence-corrected chi connectivity index (χ0v) is 10.7. The van der Waals surface area contributed by atoms with Gasteiger partial charge in [-0.15, -0.1) is 0 Å². The first-order valence-corrected chi connectivity index (χ1v) is 6.26. The van der Waals surface area contributed by atoms with Gasteiger partial charge in [0.25, 0.3) is 4.84 Å². The van der Waals surface area contributed by atoms with Gasteiger partial charge in [0.15, 0.2) is 5.58 Å². The van der Waals surface area contributed by atoms with Gasteiger partial charge in [0.1, 0.15) is 6.04 Å². The van der Waals surface area contributed by atoms with Crippen molar-refractivity contribution >= 4 is 40.8 Å². The summed E-state index contributed by atoms with van der Waals surface area (Å²) in [6, 6.07) is 4.76. The number of fused-ring (bicyclic) bond motifs is 1. The lowest BCUT2D eigenvalue weighted by Crippen LogP contribution is -2.37. The van der Waals surface area contributed by atoms with Gasteiger partial charge in [-0.05, 0) is 30.8 Å². The summed E-state index contributed by atoms with van der Waals surface area (Å²) in [4.78, 5) is 26.2. The molecule has 98 valence electrons. The Morgan fingerprint density at radius 2 is 2.32 bits per heavy atom. The molecule has 19 heavy (non-hydrogen) atoms. The second-order valence-corrected chi connectivity index (χ2v) is 4.74. The van der Waals surface area contributed by atoms with Gasteiger partial charge in [0, 0.05) is 18.2 Å². The van der Waals surface area contributed by atoms with Crippen molar-refractivity contribution in [1.82, 2.24) is 10.3 Å². The first kappa shape index (κ1) is 11.9. The van der Waals surface area contributed by atoms with Crippen LogP contribution in [0, 0.1) is 4.84 Å². The standard InChI is InChI=1S/C12H11N3O3S/c16-10-4-3-8(14-10)11(17)13-6-1-2-7-9(5-6)18-12(19)15-7/h1-2,5,8H,3-4H2,(H,13,17)(H,14,16)(H,15,19). The molecule has 0 bridgehead atoms. The number of benzene rings is 1. The van der Waals surface area contributed by atoms with E-state index in [1.165, 1.54) is 0 Å². The third kappa shape index (κ3) is 2.37. The second-order valence-electron chi connectivity index (χ2n) is 4.37. The minimum Gasteiger partial charge on any atom is -0.429 e. The first-order valence-electron chi connectivity index (χ1n) is 5.85. The Balaban J connectivity index is 1.79. The van der Waals surface area contributed by atoms with Crippen LogP contribution in [0.15, 0.2) is 22.6 Å². The molecule has 1 aliphatic rings. The number of rotatable bonds is 2. The lowest BCUT2D eigenvalue weighted by atomic mass is 10.2. The van der Waals surface area contributed by atoms with Gasteiger partial charge in [-0.25, -0.2) is 0 Å². The molecule has 0 aliphatic carbocycles. The predicted molar refractivity (Wildman–Crippen MR) is 71.2 cm³/mol. The number of aromatic nitrogens is 1. The number of carbonyl (C=O) groups is 2. The van der Waals surface area contributed by atoms with Crippen LogP contribution in [0.5, 0.6) is 0 Å². The summed E-state index contributed by atoms with van der Waals surface area (Å²) in [6.07, 6.45) is 0.918. The lowest BCUT2D eigenvalue weighted by Gasteiger charge is -2.10. The molecular formula is C12H11N3O3S. The van der Waals surface area contributed by atoms with E-state index in [2.05, 4.69) is 15.6 Å². The van der Waals surface area contributed by atoms with Gasteiger partial charge in [-0.2, -0.15) is 0 Å². The van der Waals surface area contributed by atoms with E-state index in [1.54, 1.807) is 18.2 Å². The molecule has 0 saturated carbocycles. The van der Waals surface area contributed by atoms with Crippen LogP contribution in [-0.2, 0) is 9.59 Å². The van der Waals surface area contributed by atoms with E-state index in [4.69, 9.17) is 16.6 Å². The normalized spacial score (nSPS) is 18.5. The number of aromatic amines is 1. The molecule has 3 N–H and O–H groups in total. The maximum absolute atomic E-state index is 11.9. The Hall–Kier alpha value is -2.15. The maximum Gasteiger partial charge on any atom is 0.266 e. The highest BCUT2D eigenvalue weighted by Crippen LogP contribution is 2.19. The van der Waals surface area contributed by atoms with Gasteiger partial charge in [-0.1, -0.05) is 0 Å². The molecule has 1 atom stereocenters. The summed E-state index contributed by atoms with van der Waals surface area (Å²) in [6.45, 7) is 0. The number of oxazole rings is 1. The number of hydrogen-bond acceptors (Lipinski definition) is 4. The summed E-state index contributed by atoms with van der Waals surface area (Å²) < 4.78 is 5.27. The van der Waals surface area contributed by atoms with Crippen LogP contribution >= 0.6 is 12.2 Å². The van der Waals surface area contributed by atoms with E-state index in [9.17, 15) is 9.59 Å². The molecule has 2 aromatic rings. The smallest absolute Gasteiger partial charge is 0.266 e. The second kappa shape index (κ2) is 4.51. The van der Waals surface area contributed by atoms with Crippen LogP contribution < -0.4 is 10.6 Å². The van der Waals surface area contributed by atoms with Crippen LogP contribution in [0.4, 0.5) is 5.69 Å². The van der Waals surface area contributed by atoms with Gasteiger partial charge in [-0.3, -0.25) is 9.59 Å². The van der Waals surface area contributed by atoms with Crippen molar-refractivity contribution in [1.29, 1.82) is 0 Å². The zero-order valence-electron chi connectivity index (χ0n) is 9.86. The fraction of sp³-hybridized carbons (Fsp3) is 0.250. The van der Waals surface area contributed by atoms with Crippen LogP contribution in [0.25, 0.3) is 11.1 Å². The maximum atomic E-state index is 11.9. The third-order valence-electron chi connectivity index (χ3n) is 3.00. The number of H-pyrrole nitrogens is 1.